The van der Waals surface area contributed by atoms with Gasteiger partial charge in [0.25, 0.3) is 0 Å². The first-order valence-corrected chi connectivity index (χ1v) is 6.55. The van der Waals surface area contributed by atoms with Gasteiger partial charge in [-0.1, -0.05) is 28.1 Å². The van der Waals surface area contributed by atoms with Crippen LogP contribution in [0.2, 0.25) is 0 Å². The van der Waals surface area contributed by atoms with Gasteiger partial charge in [0.2, 0.25) is 0 Å². The molecule has 0 aliphatic heterocycles. The van der Waals surface area contributed by atoms with Crippen LogP contribution in [-0.2, 0) is 5.33 Å². The van der Waals surface area contributed by atoms with Gasteiger partial charge in [0.15, 0.2) is 0 Å². The predicted octanol–water partition coefficient (Wildman–Crippen LogP) is 3.83. The van der Waals surface area contributed by atoms with Gasteiger partial charge in [-0.3, -0.25) is 0 Å². The van der Waals surface area contributed by atoms with Crippen molar-refractivity contribution in [3.63, 3.8) is 0 Å². The van der Waals surface area contributed by atoms with Gasteiger partial charge in [0.05, 0.1) is 5.69 Å². The van der Waals surface area contributed by atoms with Gasteiger partial charge in [-0.05, 0) is 38.0 Å². The number of rotatable bonds is 2. The standard InChI is InChI=1S/C13H14BrFN2/c1-8-9(2)16-17(10(8)3)13-11(7-14)5-4-6-12(13)15/h4-6H,7H2,1-3H3. The van der Waals surface area contributed by atoms with Crippen LogP contribution in [0.1, 0.15) is 22.5 Å². The minimum absolute atomic E-state index is 0.243. The lowest BCUT2D eigenvalue weighted by molar-refractivity contribution is 0.605. The molecule has 0 saturated heterocycles. The Kier molecular flexibility index (Phi) is 3.33. The molecule has 1 heterocycles. The van der Waals surface area contributed by atoms with Crippen molar-refractivity contribution in [2.24, 2.45) is 0 Å². The minimum Gasteiger partial charge on any atom is -0.234 e. The van der Waals surface area contributed by atoms with Crippen LogP contribution < -0.4 is 0 Å². The summed E-state index contributed by atoms with van der Waals surface area (Å²) < 4.78 is 15.7. The van der Waals surface area contributed by atoms with Gasteiger partial charge >= 0.3 is 0 Å². The average molecular weight is 297 g/mol. The third-order valence-electron chi connectivity index (χ3n) is 3.08. The number of nitrogens with zero attached hydrogens (tertiary/aromatic N) is 2. The molecule has 90 valence electrons. The van der Waals surface area contributed by atoms with Crippen molar-refractivity contribution in [3.05, 3.63) is 46.5 Å². The summed E-state index contributed by atoms with van der Waals surface area (Å²) in [6.07, 6.45) is 0. The molecule has 2 nitrogen and oxygen atoms in total. The molecule has 4 heteroatoms. The number of hydrogen-bond acceptors (Lipinski definition) is 1. The zero-order valence-electron chi connectivity index (χ0n) is 10.1. The highest BCUT2D eigenvalue weighted by molar-refractivity contribution is 9.08. The van der Waals surface area contributed by atoms with E-state index in [0.29, 0.717) is 11.0 Å². The summed E-state index contributed by atoms with van der Waals surface area (Å²) in [6.45, 7) is 5.90. The molecule has 0 N–H and O–H groups in total. The van der Waals surface area contributed by atoms with Gasteiger partial charge in [-0.25, -0.2) is 9.07 Å². The molecule has 1 aromatic carbocycles. The summed E-state index contributed by atoms with van der Waals surface area (Å²) in [5.74, 6) is -0.243. The lowest BCUT2D eigenvalue weighted by Gasteiger charge is -2.10. The molecule has 0 bridgehead atoms. The van der Waals surface area contributed by atoms with Crippen LogP contribution >= 0.6 is 15.9 Å². The summed E-state index contributed by atoms with van der Waals surface area (Å²) in [4.78, 5) is 0. The van der Waals surface area contributed by atoms with E-state index in [9.17, 15) is 4.39 Å². The second-order valence-electron chi connectivity index (χ2n) is 4.09. The summed E-state index contributed by atoms with van der Waals surface area (Å²) in [6, 6.07) is 5.08. The van der Waals surface area contributed by atoms with Crippen LogP contribution in [0.15, 0.2) is 18.2 Å². The Labute approximate surface area is 109 Å². The number of alkyl halides is 1. The quantitative estimate of drug-likeness (QED) is 0.770. The van der Waals surface area contributed by atoms with E-state index in [4.69, 9.17) is 0 Å². The van der Waals surface area contributed by atoms with E-state index in [1.54, 1.807) is 10.7 Å². The maximum Gasteiger partial charge on any atom is 0.149 e. The van der Waals surface area contributed by atoms with Crippen LogP contribution in [0, 0.1) is 26.6 Å². The molecule has 2 rings (SSSR count). The lowest BCUT2D eigenvalue weighted by Crippen LogP contribution is -2.05. The fourth-order valence-electron chi connectivity index (χ4n) is 1.84. The number of para-hydroxylation sites is 1. The van der Waals surface area contributed by atoms with Crippen molar-refractivity contribution >= 4 is 15.9 Å². The van der Waals surface area contributed by atoms with Gasteiger partial charge in [0.1, 0.15) is 11.5 Å². The second kappa shape index (κ2) is 4.61. The van der Waals surface area contributed by atoms with Gasteiger partial charge in [-0.2, -0.15) is 5.10 Å². The third kappa shape index (κ3) is 2.02. The lowest BCUT2D eigenvalue weighted by atomic mass is 10.2. The highest BCUT2D eigenvalue weighted by Gasteiger charge is 2.15. The number of aromatic nitrogens is 2. The van der Waals surface area contributed by atoms with Crippen molar-refractivity contribution < 1.29 is 4.39 Å². The molecule has 0 spiro atoms. The molecular weight excluding hydrogens is 283 g/mol. The number of hydrogen-bond donors (Lipinski definition) is 0. The molecule has 0 fully saturated rings. The minimum atomic E-state index is -0.243. The molecule has 17 heavy (non-hydrogen) atoms. The maximum absolute atomic E-state index is 14.0. The molecule has 0 saturated carbocycles. The maximum atomic E-state index is 14.0. The molecule has 0 amide bonds. The Morgan fingerprint density at radius 1 is 1.29 bits per heavy atom. The zero-order chi connectivity index (χ0) is 12.6. The Bertz CT molecular complexity index is 561. The number of halogens is 2. The summed E-state index contributed by atoms with van der Waals surface area (Å²) in [7, 11) is 0. The molecule has 0 unspecified atom stereocenters. The normalized spacial score (nSPS) is 10.9. The summed E-state index contributed by atoms with van der Waals surface area (Å²) in [5.41, 5.74) is 4.46. The molecular formula is C13H14BrFN2. The summed E-state index contributed by atoms with van der Waals surface area (Å²) in [5, 5.41) is 5.01. The average Bonchev–Trinajstić information content (AvgIpc) is 2.56. The highest BCUT2D eigenvalue weighted by Crippen LogP contribution is 2.24. The van der Waals surface area contributed by atoms with E-state index in [1.165, 1.54) is 6.07 Å². The van der Waals surface area contributed by atoms with Crippen molar-refractivity contribution in [2.45, 2.75) is 26.1 Å². The fraction of sp³-hybridized carbons (Fsp3) is 0.308. The smallest absolute Gasteiger partial charge is 0.149 e. The van der Waals surface area contributed by atoms with Crippen molar-refractivity contribution in [1.82, 2.24) is 9.78 Å². The van der Waals surface area contributed by atoms with E-state index in [0.717, 1.165) is 22.5 Å². The Morgan fingerprint density at radius 3 is 2.53 bits per heavy atom. The molecule has 0 atom stereocenters. The third-order valence-corrected chi connectivity index (χ3v) is 3.68. The molecule has 0 aliphatic rings. The Hall–Kier alpha value is -1.16. The number of aryl methyl sites for hydroxylation is 1. The zero-order valence-corrected chi connectivity index (χ0v) is 11.7. The fourth-order valence-corrected chi connectivity index (χ4v) is 2.30. The topological polar surface area (TPSA) is 17.8 Å². The Balaban J connectivity index is 2.72. The van der Waals surface area contributed by atoms with E-state index in [2.05, 4.69) is 21.0 Å². The van der Waals surface area contributed by atoms with E-state index in [1.807, 2.05) is 26.8 Å². The molecule has 2 aromatic rings. The van der Waals surface area contributed by atoms with Crippen LogP contribution in [0.4, 0.5) is 4.39 Å². The molecule has 0 aliphatic carbocycles. The predicted molar refractivity (Wildman–Crippen MR) is 70.4 cm³/mol. The van der Waals surface area contributed by atoms with Crippen LogP contribution in [-0.4, -0.2) is 9.78 Å². The van der Waals surface area contributed by atoms with Crippen LogP contribution in [0.3, 0.4) is 0 Å². The van der Waals surface area contributed by atoms with Crippen molar-refractivity contribution in [1.29, 1.82) is 0 Å². The van der Waals surface area contributed by atoms with E-state index < -0.39 is 0 Å². The SMILES string of the molecule is Cc1nn(-c2c(F)cccc2CBr)c(C)c1C. The first-order valence-electron chi connectivity index (χ1n) is 5.42. The first-order chi connectivity index (χ1) is 8.06. The van der Waals surface area contributed by atoms with E-state index in [-0.39, 0.29) is 5.82 Å². The monoisotopic (exact) mass is 296 g/mol. The number of benzene rings is 1. The molecule has 0 radical (unpaired) electrons. The largest absolute Gasteiger partial charge is 0.234 e. The second-order valence-corrected chi connectivity index (χ2v) is 4.65. The van der Waals surface area contributed by atoms with Gasteiger partial charge in [0, 0.05) is 11.0 Å². The molecule has 1 aromatic heterocycles. The first kappa shape index (κ1) is 12.3. The Morgan fingerprint density at radius 2 is 2.00 bits per heavy atom. The highest BCUT2D eigenvalue weighted by atomic mass is 79.9. The van der Waals surface area contributed by atoms with Crippen LogP contribution in [0.5, 0.6) is 0 Å². The van der Waals surface area contributed by atoms with E-state index >= 15 is 0 Å². The summed E-state index contributed by atoms with van der Waals surface area (Å²) >= 11 is 3.38. The van der Waals surface area contributed by atoms with Crippen molar-refractivity contribution in [2.75, 3.05) is 0 Å². The van der Waals surface area contributed by atoms with Gasteiger partial charge in [-0.15, -0.1) is 0 Å². The van der Waals surface area contributed by atoms with Crippen molar-refractivity contribution in [3.8, 4) is 5.69 Å². The van der Waals surface area contributed by atoms with Gasteiger partial charge < -0.3 is 0 Å². The van der Waals surface area contributed by atoms with Crippen LogP contribution in [0.25, 0.3) is 5.69 Å².